The third kappa shape index (κ3) is 145. The Bertz CT molecular complexity index is 12.5. The molecule has 0 rings (SSSR count). The van der Waals surface area contributed by atoms with Crippen molar-refractivity contribution in [1.29, 1.82) is 0 Å². The first-order valence-corrected chi connectivity index (χ1v) is 0. The minimum atomic E-state index is 0. The molecule has 0 unspecified atom stereocenters. The average molecular weight is 900 g/mol. The maximum atomic E-state index is 0. The SMILES string of the molecule is [Cu+].[Cu+].[Cu+].[Cu+].[Ni+2].[Ni+2].[Ni+2].[Ni+2].[Ni+2].[Ni+2].[Ni+2].[Ni+2].[Ni+2].[Ni+2].[Ni+2]. The summed E-state index contributed by atoms with van der Waals surface area (Å²) < 4.78 is 0. The summed E-state index contributed by atoms with van der Waals surface area (Å²) in [4.78, 5) is 0. The zero-order valence-corrected chi connectivity index (χ0v) is 19.3. The van der Waals surface area contributed by atoms with E-state index in [2.05, 4.69) is 0 Å². The quantitative estimate of drug-likeness (QED) is 0.300. The summed E-state index contributed by atoms with van der Waals surface area (Å²) in [6, 6.07) is 0. The van der Waals surface area contributed by atoms with Gasteiger partial charge in [0, 0.05) is 0 Å². The van der Waals surface area contributed by atoms with Gasteiger partial charge < -0.3 is 0 Å². The predicted molar refractivity (Wildman–Crippen MR) is 0 cm³/mol. The molecule has 0 fully saturated rings. The van der Waals surface area contributed by atoms with Crippen LogP contribution in [0.1, 0.15) is 0 Å². The van der Waals surface area contributed by atoms with Gasteiger partial charge in [-0.25, -0.2) is 0 Å². The zero-order valence-electron chi connectivity index (χ0n) is 4.68. The van der Waals surface area contributed by atoms with E-state index >= 15 is 0 Å². The molecule has 15 heavy (non-hydrogen) atoms. The van der Waals surface area contributed by atoms with Gasteiger partial charge in [-0.15, -0.1) is 0 Å². The summed E-state index contributed by atoms with van der Waals surface area (Å²) in [7, 11) is 0. The van der Waals surface area contributed by atoms with E-state index in [1.165, 1.54) is 0 Å². The molecule has 0 spiro atoms. The van der Waals surface area contributed by atoms with Gasteiger partial charge in [-0.3, -0.25) is 0 Å². The van der Waals surface area contributed by atoms with Gasteiger partial charge >= 0.3 is 250 Å². The molecule has 0 heterocycles. The second kappa shape index (κ2) is 161. The van der Waals surface area contributed by atoms with E-state index in [4.69, 9.17) is 0 Å². The van der Waals surface area contributed by atoms with Gasteiger partial charge in [0.1, 0.15) is 0 Å². The molecule has 0 aromatic carbocycles. The number of hydrogen-bond acceptors (Lipinski definition) is 0. The normalized spacial score (nSPS) is 0. The minimum Gasteiger partial charge on any atom is 1.00 e. The first-order chi connectivity index (χ1) is 0. The van der Waals surface area contributed by atoms with Gasteiger partial charge in [0.05, 0.1) is 0 Å². The second-order valence-electron chi connectivity index (χ2n) is 0. The van der Waals surface area contributed by atoms with Crippen molar-refractivity contribution < 1.29 is 250 Å². The van der Waals surface area contributed by atoms with Gasteiger partial charge in [-0.1, -0.05) is 0 Å². The Morgan fingerprint density at radius 3 is 0.133 bits per heavy atom. The summed E-state index contributed by atoms with van der Waals surface area (Å²) >= 11 is 0. The van der Waals surface area contributed by atoms with Crippen LogP contribution in [0, 0.1) is 0 Å². The Morgan fingerprint density at radius 2 is 0.133 bits per heavy atom. The molecule has 0 N–H and O–H groups in total. The molecule has 0 saturated carbocycles. The molecule has 0 aromatic heterocycles. The van der Waals surface area contributed by atoms with Crippen LogP contribution < -0.4 is 0 Å². The van der Waals surface area contributed by atoms with Crippen molar-refractivity contribution in [2.75, 3.05) is 0 Å². The summed E-state index contributed by atoms with van der Waals surface area (Å²) in [5.41, 5.74) is 0. The van der Waals surface area contributed by atoms with Crippen molar-refractivity contribution in [3.63, 3.8) is 0 Å². The van der Waals surface area contributed by atoms with Gasteiger partial charge in [0.2, 0.25) is 0 Å². The Hall–Kier alpha value is 7.51. The average Bonchev–Trinajstić information content (AvgIpc) is 0. The van der Waals surface area contributed by atoms with E-state index in [0.717, 1.165) is 0 Å². The monoisotopic (exact) mass is 889 g/mol. The van der Waals surface area contributed by atoms with Crippen LogP contribution in [0.15, 0.2) is 0 Å². The van der Waals surface area contributed by atoms with E-state index in [1.807, 2.05) is 0 Å². The van der Waals surface area contributed by atoms with E-state index in [9.17, 15) is 0 Å². The summed E-state index contributed by atoms with van der Waals surface area (Å²) in [6.07, 6.45) is 0. The molecule has 0 radical (unpaired) electrons. The fourth-order valence-corrected chi connectivity index (χ4v) is 0. The van der Waals surface area contributed by atoms with Gasteiger partial charge in [0.25, 0.3) is 0 Å². The fraction of sp³-hybridized carbons (Fsp3) is 0. The van der Waals surface area contributed by atoms with E-state index < -0.39 is 0 Å². The van der Waals surface area contributed by atoms with Crippen molar-refractivity contribution in [2.45, 2.75) is 0 Å². The maximum Gasteiger partial charge on any atom is 2.00 e. The molecule has 0 nitrogen and oxygen atoms in total. The van der Waals surface area contributed by atoms with Crippen LogP contribution >= 0.6 is 0 Å². The molecule has 0 aliphatic carbocycles. The molecule has 0 atom stereocenters. The minimum absolute atomic E-state index is 0. The molecule has 128 valence electrons. The smallest absolute Gasteiger partial charge is 1.00 e. The topological polar surface area (TPSA) is 0 Å². The maximum absolute atomic E-state index is 0. The number of rotatable bonds is 0. The van der Waals surface area contributed by atoms with E-state index in [-0.39, 0.29) is 250 Å². The molecular formula is Cu4Ni11+26. The standard InChI is InChI=1S/4Cu.11Ni/q4*+1;11*+2. The van der Waals surface area contributed by atoms with E-state index in [1.54, 1.807) is 0 Å². The van der Waals surface area contributed by atoms with Gasteiger partial charge in [-0.2, -0.15) is 0 Å². The van der Waals surface area contributed by atoms with Gasteiger partial charge in [0.15, 0.2) is 0 Å². The third-order valence-electron chi connectivity index (χ3n) is 0. The van der Waals surface area contributed by atoms with E-state index in [0.29, 0.717) is 0 Å². The van der Waals surface area contributed by atoms with Crippen LogP contribution in [-0.2, 0) is 250 Å². The largest absolute Gasteiger partial charge is 2.00 e. The molecule has 0 bridgehead atoms. The molecule has 0 aromatic rings. The molecule has 0 aliphatic heterocycles. The fourth-order valence-electron chi connectivity index (χ4n) is 0. The van der Waals surface area contributed by atoms with Crippen LogP contribution in [0.3, 0.4) is 0 Å². The van der Waals surface area contributed by atoms with Crippen molar-refractivity contribution in [1.82, 2.24) is 0 Å². The Kier molecular flexibility index (Phi) is 1980. The molecule has 0 aliphatic rings. The zero-order chi connectivity index (χ0) is 0. The Morgan fingerprint density at radius 1 is 0.133 bits per heavy atom. The Balaban J connectivity index is 0. The molecular weight excluding hydrogens is 900 g/mol. The first-order valence-electron chi connectivity index (χ1n) is 0. The summed E-state index contributed by atoms with van der Waals surface area (Å²) in [5, 5.41) is 0. The van der Waals surface area contributed by atoms with Crippen molar-refractivity contribution in [2.24, 2.45) is 0 Å². The van der Waals surface area contributed by atoms with Crippen molar-refractivity contribution >= 4 is 0 Å². The van der Waals surface area contributed by atoms with Crippen LogP contribution in [0.25, 0.3) is 0 Å². The second-order valence-corrected chi connectivity index (χ2v) is 0. The summed E-state index contributed by atoms with van der Waals surface area (Å²) in [6.45, 7) is 0. The Labute approximate surface area is 244 Å². The number of hydrogen-bond donors (Lipinski definition) is 0. The van der Waals surface area contributed by atoms with Gasteiger partial charge in [-0.05, 0) is 0 Å². The van der Waals surface area contributed by atoms with Crippen LogP contribution in [-0.4, -0.2) is 0 Å². The van der Waals surface area contributed by atoms with Crippen LogP contribution in [0.2, 0.25) is 0 Å². The van der Waals surface area contributed by atoms with Crippen LogP contribution in [0.5, 0.6) is 0 Å². The molecule has 15 heteroatoms. The van der Waals surface area contributed by atoms with Crippen molar-refractivity contribution in [3.05, 3.63) is 0 Å². The molecule has 0 saturated heterocycles. The summed E-state index contributed by atoms with van der Waals surface area (Å²) in [5.74, 6) is 0. The van der Waals surface area contributed by atoms with Crippen molar-refractivity contribution in [3.8, 4) is 0 Å². The van der Waals surface area contributed by atoms with Crippen LogP contribution in [0.4, 0.5) is 0 Å². The third-order valence-corrected chi connectivity index (χ3v) is 0. The predicted octanol–water partition coefficient (Wildman–Crippen LogP) is -0.0375. The molecule has 0 amide bonds. The first kappa shape index (κ1) is 185.